The molecule has 1 N–H and O–H groups in total. The zero-order chi connectivity index (χ0) is 18.7. The molecule has 140 valence electrons. The fourth-order valence-corrected chi connectivity index (χ4v) is 3.30. The third-order valence-corrected chi connectivity index (χ3v) is 5.55. The van der Waals surface area contributed by atoms with Gasteiger partial charge in [-0.15, -0.1) is 0 Å². The second kappa shape index (κ2) is 7.88. The minimum Gasteiger partial charge on any atom is -0.454 e. The van der Waals surface area contributed by atoms with Crippen LogP contribution in [0.25, 0.3) is 0 Å². The van der Waals surface area contributed by atoms with Gasteiger partial charge in [-0.3, -0.25) is 0 Å². The van der Waals surface area contributed by atoms with E-state index in [4.69, 9.17) is 9.47 Å². The predicted molar refractivity (Wildman–Crippen MR) is 99.1 cm³/mol. The smallest absolute Gasteiger partial charge is 0.334 e. The number of aliphatic hydroxyl groups is 1. The third-order valence-electron chi connectivity index (χ3n) is 5.55. The largest absolute Gasteiger partial charge is 0.454 e. The Morgan fingerprint density at radius 2 is 2.04 bits per heavy atom. The van der Waals surface area contributed by atoms with E-state index < -0.39 is 11.2 Å². The Labute approximate surface area is 151 Å². The maximum atomic E-state index is 12.1. The highest BCUT2D eigenvalue weighted by molar-refractivity contribution is 5.90. The molecule has 25 heavy (non-hydrogen) atoms. The lowest BCUT2D eigenvalue weighted by Crippen LogP contribution is -2.34. The quantitative estimate of drug-likeness (QED) is 0.603. The van der Waals surface area contributed by atoms with Gasteiger partial charge < -0.3 is 14.6 Å². The van der Waals surface area contributed by atoms with Gasteiger partial charge in [-0.1, -0.05) is 37.6 Å². The molecular weight excluding hydrogens is 316 g/mol. The van der Waals surface area contributed by atoms with Crippen LogP contribution in [0.5, 0.6) is 0 Å². The Kier molecular flexibility index (Phi) is 6.28. The molecule has 1 aliphatic carbocycles. The van der Waals surface area contributed by atoms with Crippen molar-refractivity contribution in [1.29, 1.82) is 0 Å². The van der Waals surface area contributed by atoms with E-state index in [0.717, 1.165) is 19.3 Å². The number of esters is 1. The number of allylic oxidation sites excluding steroid dienone is 1. The Morgan fingerprint density at radius 3 is 2.68 bits per heavy atom. The first-order valence-corrected chi connectivity index (χ1v) is 9.23. The van der Waals surface area contributed by atoms with Crippen LogP contribution in [-0.2, 0) is 14.3 Å². The van der Waals surface area contributed by atoms with Gasteiger partial charge in [-0.05, 0) is 51.5 Å². The third kappa shape index (κ3) is 5.05. The van der Waals surface area contributed by atoms with Gasteiger partial charge in [0, 0.05) is 19.1 Å². The Bertz CT molecular complexity index is 587. The summed E-state index contributed by atoms with van der Waals surface area (Å²) in [5.41, 5.74) is 0.494. The van der Waals surface area contributed by atoms with E-state index in [2.05, 4.69) is 13.0 Å². The van der Waals surface area contributed by atoms with Crippen LogP contribution < -0.4 is 0 Å². The van der Waals surface area contributed by atoms with Crippen molar-refractivity contribution in [3.8, 4) is 0 Å². The number of rotatable bonds is 2. The maximum absolute atomic E-state index is 12.1. The average molecular weight is 348 g/mol. The molecule has 4 heteroatoms. The Morgan fingerprint density at radius 1 is 1.32 bits per heavy atom. The zero-order valence-electron chi connectivity index (χ0n) is 16.2. The van der Waals surface area contributed by atoms with Gasteiger partial charge in [-0.25, -0.2) is 4.79 Å². The van der Waals surface area contributed by atoms with E-state index in [1.165, 1.54) is 5.57 Å². The van der Waals surface area contributed by atoms with Crippen molar-refractivity contribution in [1.82, 2.24) is 0 Å². The molecule has 2 bridgehead atoms. The van der Waals surface area contributed by atoms with Crippen molar-refractivity contribution < 1.29 is 19.4 Å². The van der Waals surface area contributed by atoms with E-state index in [0.29, 0.717) is 18.4 Å². The van der Waals surface area contributed by atoms with Crippen LogP contribution in [0.2, 0.25) is 0 Å². The van der Waals surface area contributed by atoms with Gasteiger partial charge in [0.2, 0.25) is 0 Å². The summed E-state index contributed by atoms with van der Waals surface area (Å²) in [6.07, 6.45) is 11.2. The summed E-state index contributed by atoms with van der Waals surface area (Å²) in [5.74, 6) is -0.210. The molecule has 0 saturated carbocycles. The van der Waals surface area contributed by atoms with Crippen LogP contribution in [0.1, 0.15) is 59.8 Å². The first kappa shape index (κ1) is 19.9. The first-order chi connectivity index (χ1) is 11.7. The first-order valence-electron chi connectivity index (χ1n) is 9.23. The summed E-state index contributed by atoms with van der Waals surface area (Å²) in [5, 5.41) is 11.1. The molecule has 0 spiro atoms. The van der Waals surface area contributed by atoms with Crippen LogP contribution in [-0.4, -0.2) is 35.5 Å². The molecule has 0 aromatic rings. The maximum Gasteiger partial charge on any atom is 0.334 e. The fraction of sp³-hybridized carbons (Fsp3) is 0.667. The fourth-order valence-electron chi connectivity index (χ4n) is 3.30. The highest BCUT2D eigenvalue weighted by Crippen LogP contribution is 2.32. The van der Waals surface area contributed by atoms with Gasteiger partial charge >= 0.3 is 5.97 Å². The molecule has 2 aliphatic rings. The van der Waals surface area contributed by atoms with Gasteiger partial charge in [0.05, 0.1) is 11.2 Å². The van der Waals surface area contributed by atoms with Crippen molar-refractivity contribution in [2.24, 2.45) is 5.92 Å². The highest BCUT2D eigenvalue weighted by Gasteiger charge is 2.33. The van der Waals surface area contributed by atoms with Crippen molar-refractivity contribution in [3.63, 3.8) is 0 Å². The van der Waals surface area contributed by atoms with Gasteiger partial charge in [0.15, 0.2) is 0 Å². The normalized spacial score (nSPS) is 34.4. The standard InChI is InChI=1S/C21H32O4/c1-15(2)21(23)10-8-17-14-18(25-19(17)22)13-16(3)7-6-9-20(4,24-5)11-12-21/h7,11-12,14-15,18,23H,6,8-10,13H2,1-5H3/t18-,20-,21-/m0/s1. The van der Waals surface area contributed by atoms with E-state index in [-0.39, 0.29) is 18.0 Å². The summed E-state index contributed by atoms with van der Waals surface area (Å²) >= 11 is 0. The molecule has 0 aromatic carbocycles. The molecule has 0 unspecified atom stereocenters. The second-order valence-corrected chi connectivity index (χ2v) is 7.92. The number of hydrogen-bond acceptors (Lipinski definition) is 4. The van der Waals surface area contributed by atoms with E-state index in [9.17, 15) is 9.90 Å². The van der Waals surface area contributed by atoms with Gasteiger partial charge in [-0.2, -0.15) is 0 Å². The van der Waals surface area contributed by atoms with Gasteiger partial charge in [0.25, 0.3) is 0 Å². The van der Waals surface area contributed by atoms with Crippen molar-refractivity contribution >= 4 is 5.97 Å². The van der Waals surface area contributed by atoms with Gasteiger partial charge in [0.1, 0.15) is 6.10 Å². The van der Waals surface area contributed by atoms with Crippen LogP contribution in [0, 0.1) is 5.92 Å². The summed E-state index contributed by atoms with van der Waals surface area (Å²) in [6, 6.07) is 0. The summed E-state index contributed by atoms with van der Waals surface area (Å²) in [7, 11) is 1.70. The molecule has 0 fully saturated rings. The lowest BCUT2D eigenvalue weighted by molar-refractivity contribution is -0.139. The van der Waals surface area contributed by atoms with E-state index >= 15 is 0 Å². The highest BCUT2D eigenvalue weighted by atomic mass is 16.5. The van der Waals surface area contributed by atoms with Crippen LogP contribution >= 0.6 is 0 Å². The molecule has 0 aromatic heterocycles. The minimum absolute atomic E-state index is 0.0359. The monoisotopic (exact) mass is 348 g/mol. The molecule has 0 saturated heterocycles. The summed E-state index contributed by atoms with van der Waals surface area (Å²) in [6.45, 7) is 8.10. The van der Waals surface area contributed by atoms with Crippen molar-refractivity contribution in [2.45, 2.75) is 77.1 Å². The molecule has 1 aliphatic heterocycles. The Balaban J connectivity index is 2.33. The summed E-state index contributed by atoms with van der Waals surface area (Å²) < 4.78 is 11.2. The molecule has 2 rings (SSSR count). The molecule has 0 amide bonds. The molecule has 4 nitrogen and oxygen atoms in total. The number of ether oxygens (including phenoxy) is 2. The Hall–Kier alpha value is -1.39. The van der Waals surface area contributed by atoms with Crippen LogP contribution in [0.4, 0.5) is 0 Å². The molecule has 0 radical (unpaired) electrons. The topological polar surface area (TPSA) is 55.8 Å². The summed E-state index contributed by atoms with van der Waals surface area (Å²) in [4.78, 5) is 12.1. The van der Waals surface area contributed by atoms with E-state index in [1.807, 2.05) is 39.0 Å². The average Bonchev–Trinajstić information content (AvgIpc) is 2.89. The molecule has 3 atom stereocenters. The second-order valence-electron chi connectivity index (χ2n) is 7.92. The van der Waals surface area contributed by atoms with Crippen molar-refractivity contribution in [2.75, 3.05) is 7.11 Å². The molecule has 1 heterocycles. The van der Waals surface area contributed by atoms with Crippen molar-refractivity contribution in [3.05, 3.63) is 35.5 Å². The van der Waals surface area contributed by atoms with Crippen LogP contribution in [0.15, 0.2) is 35.5 Å². The lowest BCUT2D eigenvalue weighted by atomic mass is 9.82. The van der Waals surface area contributed by atoms with E-state index in [1.54, 1.807) is 7.11 Å². The molecular formula is C21H32O4. The minimum atomic E-state index is -0.977. The predicted octanol–water partition coefficient (Wildman–Crippen LogP) is 4.10. The number of fused-ring (bicyclic) bond motifs is 1. The van der Waals surface area contributed by atoms with Crippen LogP contribution in [0.3, 0.4) is 0 Å². The zero-order valence-corrected chi connectivity index (χ0v) is 16.2. The SMILES string of the molecule is CO[C@]1(C)C=C[C@](O)(C(C)C)CCC2=C[C@H](CC(C)=CCC1)OC2=O. The lowest BCUT2D eigenvalue weighted by Gasteiger charge is -2.32. The number of carbonyl (C=O) groups excluding carboxylic acids is 1. The number of hydrogen-bond donors (Lipinski definition) is 1. The number of methoxy groups -OCH3 is 1. The number of carbonyl (C=O) groups is 1.